The molecule has 0 fully saturated rings. The second-order valence-corrected chi connectivity index (χ2v) is 5.32. The van der Waals surface area contributed by atoms with Gasteiger partial charge in [-0.25, -0.2) is 4.39 Å². The second kappa shape index (κ2) is 7.88. The van der Waals surface area contributed by atoms with Crippen LogP contribution in [0, 0.1) is 12.7 Å². The summed E-state index contributed by atoms with van der Waals surface area (Å²) in [7, 11) is 1.32. The first-order chi connectivity index (χ1) is 9.85. The molecule has 0 aliphatic carbocycles. The number of methoxy groups -OCH3 is 1. The van der Waals surface area contributed by atoms with Crippen LogP contribution >= 0.6 is 0 Å². The largest absolute Gasteiger partial charge is 0.469 e. The Morgan fingerprint density at radius 2 is 2.00 bits per heavy atom. The molecule has 0 saturated carbocycles. The van der Waals surface area contributed by atoms with Crippen LogP contribution in [-0.4, -0.2) is 30.9 Å². The van der Waals surface area contributed by atoms with Crippen LogP contribution in [0.1, 0.15) is 42.6 Å². The van der Waals surface area contributed by atoms with E-state index >= 15 is 0 Å². The summed E-state index contributed by atoms with van der Waals surface area (Å²) < 4.78 is 17.9. The molecule has 0 radical (unpaired) electrons. The van der Waals surface area contributed by atoms with Crippen LogP contribution in [0.3, 0.4) is 0 Å². The number of ketones is 1. The van der Waals surface area contributed by atoms with Crippen LogP contribution in [0.4, 0.5) is 4.39 Å². The Morgan fingerprint density at radius 3 is 2.52 bits per heavy atom. The van der Waals surface area contributed by atoms with Gasteiger partial charge in [0.25, 0.3) is 0 Å². The van der Waals surface area contributed by atoms with Crippen LogP contribution in [-0.2, 0) is 9.53 Å². The highest BCUT2D eigenvalue weighted by Gasteiger charge is 2.22. The van der Waals surface area contributed by atoms with Gasteiger partial charge >= 0.3 is 5.97 Å². The number of hydrogen-bond donors (Lipinski definition) is 1. The number of carbonyl (C=O) groups is 2. The van der Waals surface area contributed by atoms with E-state index in [2.05, 4.69) is 10.1 Å². The molecule has 5 heteroatoms. The fourth-order valence-electron chi connectivity index (χ4n) is 2.06. The SMILES string of the molecule is COC(=O)CCC(NC(C)C)C(=O)c1ccc(F)c(C)c1. The van der Waals surface area contributed by atoms with Crippen molar-refractivity contribution in [1.82, 2.24) is 5.32 Å². The van der Waals surface area contributed by atoms with Crippen molar-refractivity contribution in [3.05, 3.63) is 35.1 Å². The number of rotatable bonds is 7. The lowest BCUT2D eigenvalue weighted by molar-refractivity contribution is -0.140. The average Bonchev–Trinajstić information content (AvgIpc) is 2.44. The summed E-state index contributed by atoms with van der Waals surface area (Å²) >= 11 is 0. The lowest BCUT2D eigenvalue weighted by atomic mass is 9.98. The van der Waals surface area contributed by atoms with Gasteiger partial charge in [-0.1, -0.05) is 13.8 Å². The lowest BCUT2D eigenvalue weighted by Gasteiger charge is -2.20. The highest BCUT2D eigenvalue weighted by molar-refractivity contribution is 6.00. The van der Waals surface area contributed by atoms with E-state index in [0.717, 1.165) is 0 Å². The van der Waals surface area contributed by atoms with E-state index in [1.54, 1.807) is 6.92 Å². The van der Waals surface area contributed by atoms with Gasteiger partial charge in [-0.05, 0) is 37.1 Å². The van der Waals surface area contributed by atoms with Crippen molar-refractivity contribution in [1.29, 1.82) is 0 Å². The Labute approximate surface area is 124 Å². The van der Waals surface area contributed by atoms with Gasteiger partial charge in [0.2, 0.25) is 0 Å². The van der Waals surface area contributed by atoms with E-state index in [1.165, 1.54) is 25.3 Å². The van der Waals surface area contributed by atoms with Gasteiger partial charge in [-0.15, -0.1) is 0 Å². The maximum atomic E-state index is 13.3. The zero-order valence-corrected chi connectivity index (χ0v) is 12.9. The number of aryl methyl sites for hydroxylation is 1. The van der Waals surface area contributed by atoms with Gasteiger partial charge in [0.05, 0.1) is 13.2 Å². The number of hydrogen-bond acceptors (Lipinski definition) is 4. The van der Waals surface area contributed by atoms with Crippen LogP contribution in [0.25, 0.3) is 0 Å². The van der Waals surface area contributed by atoms with Crippen molar-refractivity contribution >= 4 is 11.8 Å². The fraction of sp³-hybridized carbons (Fsp3) is 0.500. The minimum absolute atomic E-state index is 0.0955. The second-order valence-electron chi connectivity index (χ2n) is 5.32. The number of carbonyl (C=O) groups excluding carboxylic acids is 2. The van der Waals surface area contributed by atoms with E-state index < -0.39 is 6.04 Å². The average molecular weight is 295 g/mol. The predicted molar refractivity (Wildman–Crippen MR) is 78.8 cm³/mol. The number of Topliss-reactive ketones (excluding diaryl/α,β-unsaturated/α-hetero) is 1. The summed E-state index contributed by atoms with van der Waals surface area (Å²) in [5.41, 5.74) is 0.869. The van der Waals surface area contributed by atoms with E-state index in [1.807, 2.05) is 13.8 Å². The summed E-state index contributed by atoms with van der Waals surface area (Å²) in [5, 5.41) is 3.14. The van der Waals surface area contributed by atoms with Crippen LogP contribution in [0.15, 0.2) is 18.2 Å². The molecule has 21 heavy (non-hydrogen) atoms. The number of ether oxygens (including phenoxy) is 1. The van der Waals surface area contributed by atoms with E-state index in [9.17, 15) is 14.0 Å². The van der Waals surface area contributed by atoms with Crippen molar-refractivity contribution < 1.29 is 18.7 Å². The van der Waals surface area contributed by atoms with Gasteiger partial charge in [-0.2, -0.15) is 0 Å². The third-order valence-corrected chi connectivity index (χ3v) is 3.16. The van der Waals surface area contributed by atoms with E-state index in [0.29, 0.717) is 17.5 Å². The van der Waals surface area contributed by atoms with E-state index in [-0.39, 0.29) is 30.0 Å². The number of halogens is 1. The fourth-order valence-corrected chi connectivity index (χ4v) is 2.06. The number of esters is 1. The van der Waals surface area contributed by atoms with Crippen molar-refractivity contribution in [2.24, 2.45) is 0 Å². The van der Waals surface area contributed by atoms with Crippen LogP contribution < -0.4 is 5.32 Å². The first-order valence-electron chi connectivity index (χ1n) is 6.98. The Balaban J connectivity index is 2.87. The smallest absolute Gasteiger partial charge is 0.305 e. The summed E-state index contributed by atoms with van der Waals surface area (Å²) in [6.45, 7) is 5.47. The molecule has 1 unspecified atom stereocenters. The minimum Gasteiger partial charge on any atom is -0.469 e. The van der Waals surface area contributed by atoms with Crippen molar-refractivity contribution in [2.45, 2.75) is 45.7 Å². The normalized spacial score (nSPS) is 12.3. The molecule has 0 aliphatic rings. The maximum absolute atomic E-state index is 13.3. The standard InChI is InChI=1S/C16H22FNO3/c1-10(2)18-14(7-8-15(19)21-4)16(20)12-5-6-13(17)11(3)9-12/h5-6,9-10,14,18H,7-8H2,1-4H3. The molecule has 116 valence electrons. The Kier molecular flexibility index (Phi) is 6.49. The summed E-state index contributed by atoms with van der Waals surface area (Å²) in [5.74, 6) is -0.834. The number of benzene rings is 1. The lowest BCUT2D eigenvalue weighted by Crippen LogP contribution is -2.41. The van der Waals surface area contributed by atoms with Gasteiger partial charge in [0.15, 0.2) is 5.78 Å². The molecule has 0 aliphatic heterocycles. The first kappa shape index (κ1) is 17.3. The molecule has 0 heterocycles. The molecular formula is C16H22FNO3. The highest BCUT2D eigenvalue weighted by Crippen LogP contribution is 2.14. The summed E-state index contributed by atoms with van der Waals surface area (Å²) in [6.07, 6.45) is 0.507. The molecular weight excluding hydrogens is 273 g/mol. The summed E-state index contributed by atoms with van der Waals surface area (Å²) in [6, 6.07) is 3.89. The number of nitrogens with one attached hydrogen (secondary N) is 1. The third kappa shape index (κ3) is 5.27. The Hall–Kier alpha value is -1.75. The summed E-state index contributed by atoms with van der Waals surface area (Å²) in [4.78, 5) is 23.8. The molecule has 0 spiro atoms. The molecule has 0 bridgehead atoms. The third-order valence-electron chi connectivity index (χ3n) is 3.16. The predicted octanol–water partition coefficient (Wildman–Crippen LogP) is 2.64. The molecule has 4 nitrogen and oxygen atoms in total. The molecule has 1 aromatic rings. The topological polar surface area (TPSA) is 55.4 Å². The molecule has 1 atom stereocenters. The highest BCUT2D eigenvalue weighted by atomic mass is 19.1. The maximum Gasteiger partial charge on any atom is 0.305 e. The monoisotopic (exact) mass is 295 g/mol. The molecule has 1 aromatic carbocycles. The zero-order chi connectivity index (χ0) is 16.0. The van der Waals surface area contributed by atoms with Crippen molar-refractivity contribution in [3.63, 3.8) is 0 Å². The van der Waals surface area contributed by atoms with Gasteiger partial charge in [0.1, 0.15) is 5.82 Å². The van der Waals surface area contributed by atoms with Crippen LogP contribution in [0.2, 0.25) is 0 Å². The van der Waals surface area contributed by atoms with E-state index in [4.69, 9.17) is 0 Å². The molecule has 0 amide bonds. The zero-order valence-electron chi connectivity index (χ0n) is 12.9. The Bertz CT molecular complexity index is 514. The van der Waals surface area contributed by atoms with Crippen molar-refractivity contribution in [2.75, 3.05) is 7.11 Å². The van der Waals surface area contributed by atoms with Gasteiger partial charge < -0.3 is 10.1 Å². The van der Waals surface area contributed by atoms with Crippen molar-refractivity contribution in [3.8, 4) is 0 Å². The minimum atomic E-state index is -0.492. The quantitative estimate of drug-likeness (QED) is 0.620. The Morgan fingerprint density at radius 1 is 1.33 bits per heavy atom. The molecule has 0 saturated heterocycles. The molecule has 1 N–H and O–H groups in total. The van der Waals surface area contributed by atoms with Gasteiger partial charge in [0, 0.05) is 18.0 Å². The van der Waals surface area contributed by atoms with Crippen LogP contribution in [0.5, 0.6) is 0 Å². The van der Waals surface area contributed by atoms with Gasteiger partial charge in [-0.3, -0.25) is 9.59 Å². The first-order valence-corrected chi connectivity index (χ1v) is 6.98. The molecule has 1 rings (SSSR count). The molecule has 0 aromatic heterocycles.